The van der Waals surface area contributed by atoms with Gasteiger partial charge < -0.3 is 10.2 Å². The molecule has 0 aromatic heterocycles. The van der Waals surface area contributed by atoms with Gasteiger partial charge in [-0.05, 0) is 43.5 Å². The first-order valence-corrected chi connectivity index (χ1v) is 6.15. The Morgan fingerprint density at radius 3 is 2.79 bits per heavy atom. The van der Waals surface area contributed by atoms with Crippen LogP contribution in [0.15, 0.2) is 36.0 Å². The van der Waals surface area contributed by atoms with Crippen molar-refractivity contribution in [2.75, 3.05) is 6.61 Å². The molecule has 0 heterocycles. The maximum Gasteiger partial charge on any atom is 0.276 e. The van der Waals surface area contributed by atoms with Crippen molar-refractivity contribution in [3.8, 4) is 11.8 Å². The molecule has 0 bridgehead atoms. The zero-order valence-electron chi connectivity index (χ0n) is 10.5. The van der Waals surface area contributed by atoms with Gasteiger partial charge in [0.2, 0.25) is 0 Å². The second kappa shape index (κ2) is 6.45. The van der Waals surface area contributed by atoms with Crippen LogP contribution in [0.25, 0.3) is 0 Å². The van der Waals surface area contributed by atoms with E-state index in [1.165, 1.54) is 0 Å². The van der Waals surface area contributed by atoms with Crippen LogP contribution in [0.2, 0.25) is 0 Å². The van der Waals surface area contributed by atoms with Crippen molar-refractivity contribution in [1.82, 2.24) is 10.9 Å². The van der Waals surface area contributed by atoms with Gasteiger partial charge in [0.15, 0.2) is 6.61 Å². The van der Waals surface area contributed by atoms with Gasteiger partial charge >= 0.3 is 0 Å². The van der Waals surface area contributed by atoms with Gasteiger partial charge in [-0.25, -0.2) is 0 Å². The third-order valence-electron chi connectivity index (χ3n) is 2.76. The van der Waals surface area contributed by atoms with Gasteiger partial charge in [0.1, 0.15) is 5.75 Å². The quantitative estimate of drug-likeness (QED) is 0.786. The molecule has 1 aliphatic rings. The topological polar surface area (TPSA) is 74.1 Å². The van der Waals surface area contributed by atoms with Crippen LogP contribution in [-0.2, 0) is 4.79 Å². The van der Waals surface area contributed by atoms with Gasteiger partial charge in [0.25, 0.3) is 5.91 Å². The Balaban J connectivity index is 1.72. The number of carbonyl (C=O) groups excluding carboxylic acids is 1. The van der Waals surface area contributed by atoms with E-state index < -0.39 is 0 Å². The highest BCUT2D eigenvalue weighted by molar-refractivity contribution is 5.77. The third-order valence-corrected chi connectivity index (χ3v) is 2.76. The smallest absolute Gasteiger partial charge is 0.276 e. The van der Waals surface area contributed by atoms with Crippen molar-refractivity contribution in [1.29, 1.82) is 5.26 Å². The summed E-state index contributed by atoms with van der Waals surface area (Å²) in [5.74, 6) is 0.325. The van der Waals surface area contributed by atoms with E-state index in [4.69, 9.17) is 10.00 Å². The molecule has 98 valence electrons. The van der Waals surface area contributed by atoms with Crippen molar-refractivity contribution in [2.45, 2.75) is 19.3 Å². The van der Waals surface area contributed by atoms with Crippen LogP contribution in [0.3, 0.4) is 0 Å². The molecule has 0 spiro atoms. The minimum atomic E-state index is -0.239. The Bertz CT molecular complexity index is 514. The summed E-state index contributed by atoms with van der Waals surface area (Å²) < 4.78 is 5.30. The third kappa shape index (κ3) is 4.03. The fourth-order valence-corrected chi connectivity index (χ4v) is 1.75. The lowest BCUT2D eigenvalue weighted by Gasteiger charge is -2.10. The predicted octanol–water partition coefficient (Wildman–Crippen LogP) is 1.63. The zero-order valence-corrected chi connectivity index (χ0v) is 10.5. The zero-order chi connectivity index (χ0) is 13.5. The monoisotopic (exact) mass is 257 g/mol. The molecule has 0 atom stereocenters. The van der Waals surface area contributed by atoms with Crippen molar-refractivity contribution >= 4 is 5.91 Å². The molecular weight excluding hydrogens is 242 g/mol. The highest BCUT2D eigenvalue weighted by Gasteiger charge is 2.06. The van der Waals surface area contributed by atoms with Gasteiger partial charge in [0, 0.05) is 5.70 Å². The van der Waals surface area contributed by atoms with Crippen LogP contribution in [0.1, 0.15) is 24.8 Å². The van der Waals surface area contributed by atoms with E-state index >= 15 is 0 Å². The number of nitriles is 1. The van der Waals surface area contributed by atoms with E-state index in [-0.39, 0.29) is 12.5 Å². The molecule has 19 heavy (non-hydrogen) atoms. The lowest BCUT2D eigenvalue weighted by molar-refractivity contribution is -0.123. The molecule has 0 aliphatic heterocycles. The van der Waals surface area contributed by atoms with Crippen LogP contribution in [-0.4, -0.2) is 12.5 Å². The molecule has 1 aromatic rings. The van der Waals surface area contributed by atoms with Gasteiger partial charge in [-0.3, -0.25) is 10.2 Å². The number of carbonyl (C=O) groups is 1. The molecule has 5 nitrogen and oxygen atoms in total. The molecule has 1 aliphatic carbocycles. The molecular formula is C14H15N3O2. The largest absolute Gasteiger partial charge is 0.484 e. The van der Waals surface area contributed by atoms with Crippen LogP contribution < -0.4 is 15.6 Å². The first-order valence-electron chi connectivity index (χ1n) is 6.15. The number of benzene rings is 1. The number of nitrogens with zero attached hydrogens (tertiary/aromatic N) is 1. The summed E-state index contributed by atoms with van der Waals surface area (Å²) in [7, 11) is 0. The molecule has 0 saturated heterocycles. The minimum Gasteiger partial charge on any atom is -0.484 e. The van der Waals surface area contributed by atoms with Crippen LogP contribution in [0.4, 0.5) is 0 Å². The molecule has 0 fully saturated rings. The second-order valence-corrected chi connectivity index (χ2v) is 4.22. The summed E-state index contributed by atoms with van der Waals surface area (Å²) in [4.78, 5) is 11.5. The number of hydrogen-bond acceptors (Lipinski definition) is 4. The van der Waals surface area contributed by atoms with E-state index in [2.05, 4.69) is 16.9 Å². The Kier molecular flexibility index (Phi) is 4.40. The summed E-state index contributed by atoms with van der Waals surface area (Å²) in [5.41, 5.74) is 7.07. The van der Waals surface area contributed by atoms with Crippen molar-refractivity contribution in [3.05, 3.63) is 41.6 Å². The molecule has 1 aromatic carbocycles. The van der Waals surface area contributed by atoms with Crippen molar-refractivity contribution in [2.24, 2.45) is 0 Å². The summed E-state index contributed by atoms with van der Waals surface area (Å²) in [6, 6.07) is 8.65. The predicted molar refractivity (Wildman–Crippen MR) is 69.9 cm³/mol. The lowest BCUT2D eigenvalue weighted by Crippen LogP contribution is -2.39. The first kappa shape index (κ1) is 13.0. The molecule has 0 radical (unpaired) electrons. The summed E-state index contributed by atoms with van der Waals surface area (Å²) >= 11 is 0. The van der Waals surface area contributed by atoms with E-state index in [1.807, 2.05) is 6.07 Å². The average molecular weight is 257 g/mol. The molecule has 2 N–H and O–H groups in total. The Labute approximate surface area is 111 Å². The fourth-order valence-electron chi connectivity index (χ4n) is 1.75. The normalized spacial score (nSPS) is 13.3. The molecule has 0 saturated carbocycles. The first-order chi connectivity index (χ1) is 9.28. The van der Waals surface area contributed by atoms with Gasteiger partial charge in [-0.1, -0.05) is 6.08 Å². The van der Waals surface area contributed by atoms with Crippen LogP contribution in [0, 0.1) is 11.3 Å². The van der Waals surface area contributed by atoms with E-state index in [9.17, 15) is 4.79 Å². The number of hydrogen-bond donors (Lipinski definition) is 2. The summed E-state index contributed by atoms with van der Waals surface area (Å²) in [5, 5.41) is 8.65. The Hall–Kier alpha value is -2.48. The van der Waals surface area contributed by atoms with Crippen LogP contribution in [0.5, 0.6) is 5.75 Å². The molecule has 5 heteroatoms. The molecule has 2 rings (SSSR count). The van der Waals surface area contributed by atoms with E-state index in [1.54, 1.807) is 24.3 Å². The Morgan fingerprint density at radius 1 is 1.37 bits per heavy atom. The summed E-state index contributed by atoms with van der Waals surface area (Å²) in [6.45, 7) is -0.0633. The minimum absolute atomic E-state index is 0.0633. The van der Waals surface area contributed by atoms with Crippen molar-refractivity contribution in [3.63, 3.8) is 0 Å². The lowest BCUT2D eigenvalue weighted by atomic mass is 10.2. The number of ether oxygens (including phenoxy) is 1. The maximum atomic E-state index is 11.5. The fraction of sp³-hybridized carbons (Fsp3) is 0.286. The second-order valence-electron chi connectivity index (χ2n) is 4.22. The number of allylic oxidation sites excluding steroid dienone is 2. The van der Waals surface area contributed by atoms with Crippen molar-refractivity contribution < 1.29 is 9.53 Å². The summed E-state index contributed by atoms with van der Waals surface area (Å²) in [6.07, 6.45) is 5.22. The standard InChI is InChI=1S/C14H15N3O2/c15-9-11-5-7-13(8-6-11)19-10-14(18)17-16-12-3-1-2-4-12/h3,5-8,16H,1-2,4,10H2,(H,17,18). The highest BCUT2D eigenvalue weighted by Crippen LogP contribution is 2.13. The van der Waals surface area contributed by atoms with Gasteiger partial charge in [-0.2, -0.15) is 5.26 Å². The SMILES string of the molecule is N#Cc1ccc(OCC(=O)NNC2=CCCC2)cc1. The number of amides is 1. The van der Waals surface area contributed by atoms with Gasteiger partial charge in [-0.15, -0.1) is 0 Å². The van der Waals surface area contributed by atoms with Gasteiger partial charge in [0.05, 0.1) is 11.6 Å². The number of rotatable bonds is 5. The Morgan fingerprint density at radius 2 is 2.16 bits per heavy atom. The molecule has 0 unspecified atom stereocenters. The van der Waals surface area contributed by atoms with E-state index in [0.717, 1.165) is 25.0 Å². The molecule has 1 amide bonds. The maximum absolute atomic E-state index is 11.5. The van der Waals surface area contributed by atoms with E-state index in [0.29, 0.717) is 11.3 Å². The van der Waals surface area contributed by atoms with Crippen LogP contribution >= 0.6 is 0 Å². The highest BCUT2D eigenvalue weighted by atomic mass is 16.5. The average Bonchev–Trinajstić information content (AvgIpc) is 2.96. The number of hydrazine groups is 1. The number of nitrogens with one attached hydrogen (secondary N) is 2.